The van der Waals surface area contributed by atoms with Crippen LogP contribution in [0.5, 0.6) is 0 Å². The SMILES string of the molecule is CCNN1C(=O)C=CC1=O.Cl. The Morgan fingerprint density at radius 1 is 1.36 bits per heavy atom. The lowest BCUT2D eigenvalue weighted by Gasteiger charge is -2.12. The van der Waals surface area contributed by atoms with Gasteiger partial charge in [-0.15, -0.1) is 12.4 Å². The van der Waals surface area contributed by atoms with E-state index in [1.165, 1.54) is 12.2 Å². The van der Waals surface area contributed by atoms with Crippen LogP contribution >= 0.6 is 12.4 Å². The van der Waals surface area contributed by atoms with Crippen LogP contribution in [0.3, 0.4) is 0 Å². The van der Waals surface area contributed by atoms with Crippen LogP contribution in [0.4, 0.5) is 0 Å². The molecule has 0 bridgehead atoms. The first-order valence-electron chi connectivity index (χ1n) is 3.05. The van der Waals surface area contributed by atoms with E-state index in [9.17, 15) is 9.59 Å². The minimum absolute atomic E-state index is 0. The maximum atomic E-state index is 10.7. The van der Waals surface area contributed by atoms with E-state index in [-0.39, 0.29) is 24.2 Å². The Bertz CT molecular complexity index is 185. The summed E-state index contributed by atoms with van der Waals surface area (Å²) >= 11 is 0. The summed E-state index contributed by atoms with van der Waals surface area (Å²) in [6.07, 6.45) is 2.48. The average molecular weight is 177 g/mol. The molecule has 0 aromatic carbocycles. The van der Waals surface area contributed by atoms with E-state index < -0.39 is 0 Å². The molecule has 62 valence electrons. The minimum Gasteiger partial charge on any atom is -0.268 e. The molecule has 11 heavy (non-hydrogen) atoms. The molecule has 1 N–H and O–H groups in total. The molecule has 1 aliphatic heterocycles. The minimum atomic E-state index is -0.299. The van der Waals surface area contributed by atoms with Gasteiger partial charge in [0.15, 0.2) is 0 Å². The second-order valence-electron chi connectivity index (χ2n) is 1.86. The van der Waals surface area contributed by atoms with E-state index in [0.717, 1.165) is 5.01 Å². The lowest BCUT2D eigenvalue weighted by atomic mass is 10.6. The van der Waals surface area contributed by atoms with Gasteiger partial charge in [-0.05, 0) is 0 Å². The molecule has 0 saturated carbocycles. The number of amides is 2. The number of hydrogen-bond donors (Lipinski definition) is 1. The molecule has 0 saturated heterocycles. The van der Waals surface area contributed by atoms with Crippen LogP contribution in [0, 0.1) is 0 Å². The third-order valence-corrected chi connectivity index (χ3v) is 1.13. The maximum Gasteiger partial charge on any atom is 0.268 e. The molecule has 1 rings (SSSR count). The van der Waals surface area contributed by atoms with Gasteiger partial charge in [0.1, 0.15) is 0 Å². The topological polar surface area (TPSA) is 49.4 Å². The van der Waals surface area contributed by atoms with Crippen LogP contribution in [-0.4, -0.2) is 23.4 Å². The van der Waals surface area contributed by atoms with Crippen LogP contribution in [-0.2, 0) is 9.59 Å². The van der Waals surface area contributed by atoms with Gasteiger partial charge in [-0.2, -0.15) is 0 Å². The monoisotopic (exact) mass is 176 g/mol. The molecule has 0 atom stereocenters. The molecule has 0 unspecified atom stereocenters. The summed E-state index contributed by atoms with van der Waals surface area (Å²) in [6, 6.07) is 0. The predicted octanol–water partition coefficient (Wildman–Crippen LogP) is -0.142. The summed E-state index contributed by atoms with van der Waals surface area (Å²) in [5.74, 6) is -0.598. The molecule has 5 heteroatoms. The van der Waals surface area contributed by atoms with E-state index in [1.54, 1.807) is 0 Å². The van der Waals surface area contributed by atoms with Gasteiger partial charge in [-0.3, -0.25) is 9.59 Å². The van der Waals surface area contributed by atoms with Crippen molar-refractivity contribution in [2.24, 2.45) is 0 Å². The van der Waals surface area contributed by atoms with Crippen molar-refractivity contribution in [1.29, 1.82) is 0 Å². The third kappa shape index (κ3) is 2.03. The van der Waals surface area contributed by atoms with E-state index in [2.05, 4.69) is 5.43 Å². The van der Waals surface area contributed by atoms with Crippen LogP contribution < -0.4 is 5.43 Å². The van der Waals surface area contributed by atoms with Crippen molar-refractivity contribution in [3.8, 4) is 0 Å². The fourth-order valence-corrected chi connectivity index (χ4v) is 0.714. The zero-order valence-corrected chi connectivity index (χ0v) is 6.85. The molecule has 0 spiro atoms. The van der Waals surface area contributed by atoms with E-state index in [1.807, 2.05) is 6.92 Å². The largest absolute Gasteiger partial charge is 0.268 e. The Kier molecular flexibility index (Phi) is 3.78. The van der Waals surface area contributed by atoms with Crippen molar-refractivity contribution in [3.05, 3.63) is 12.2 Å². The molecular formula is C6H9ClN2O2. The molecule has 0 fully saturated rings. The fraction of sp³-hybridized carbons (Fsp3) is 0.333. The molecule has 1 aliphatic rings. The van der Waals surface area contributed by atoms with Gasteiger partial charge in [0.25, 0.3) is 11.8 Å². The first kappa shape index (κ1) is 10.1. The highest BCUT2D eigenvalue weighted by molar-refractivity contribution is 6.12. The maximum absolute atomic E-state index is 10.7. The van der Waals surface area contributed by atoms with Crippen molar-refractivity contribution < 1.29 is 9.59 Å². The van der Waals surface area contributed by atoms with Crippen molar-refractivity contribution >= 4 is 24.2 Å². The summed E-state index contributed by atoms with van der Waals surface area (Å²) in [5, 5.41) is 0.986. The Balaban J connectivity index is 0.000001000. The molecule has 0 aromatic rings. The summed E-state index contributed by atoms with van der Waals surface area (Å²) in [4.78, 5) is 21.5. The lowest BCUT2D eigenvalue weighted by Crippen LogP contribution is -2.42. The van der Waals surface area contributed by atoms with Crippen LogP contribution in [0.25, 0.3) is 0 Å². The van der Waals surface area contributed by atoms with Gasteiger partial charge in [0.05, 0.1) is 0 Å². The number of hydrogen-bond acceptors (Lipinski definition) is 3. The number of halogens is 1. The third-order valence-electron chi connectivity index (χ3n) is 1.13. The molecular weight excluding hydrogens is 168 g/mol. The Morgan fingerprint density at radius 2 is 1.82 bits per heavy atom. The van der Waals surface area contributed by atoms with Gasteiger partial charge in [0, 0.05) is 18.7 Å². The number of carbonyl (C=O) groups excluding carboxylic acids is 2. The van der Waals surface area contributed by atoms with Gasteiger partial charge >= 0.3 is 0 Å². The van der Waals surface area contributed by atoms with Gasteiger partial charge in [-0.25, -0.2) is 10.4 Å². The van der Waals surface area contributed by atoms with Gasteiger partial charge < -0.3 is 0 Å². The Labute approximate surface area is 70.6 Å². The van der Waals surface area contributed by atoms with Crippen LogP contribution in [0.2, 0.25) is 0 Å². The predicted molar refractivity (Wildman–Crippen MR) is 41.9 cm³/mol. The number of nitrogens with zero attached hydrogens (tertiary/aromatic N) is 1. The van der Waals surface area contributed by atoms with E-state index in [0.29, 0.717) is 6.54 Å². The summed E-state index contributed by atoms with van der Waals surface area (Å²) < 4.78 is 0. The van der Waals surface area contributed by atoms with Crippen molar-refractivity contribution in [3.63, 3.8) is 0 Å². The quantitative estimate of drug-likeness (QED) is 0.596. The molecule has 4 nitrogen and oxygen atoms in total. The first-order valence-corrected chi connectivity index (χ1v) is 3.05. The smallest absolute Gasteiger partial charge is 0.268 e. The summed E-state index contributed by atoms with van der Waals surface area (Å²) in [5.41, 5.74) is 2.62. The molecule has 0 radical (unpaired) electrons. The zero-order chi connectivity index (χ0) is 7.56. The Hall–Kier alpha value is -0.870. The highest BCUT2D eigenvalue weighted by atomic mass is 35.5. The summed E-state index contributed by atoms with van der Waals surface area (Å²) in [6.45, 7) is 2.39. The molecule has 0 aliphatic carbocycles. The second-order valence-corrected chi connectivity index (χ2v) is 1.86. The average Bonchev–Trinajstić information content (AvgIpc) is 2.20. The normalized spacial score (nSPS) is 15.5. The molecule has 1 heterocycles. The summed E-state index contributed by atoms with van der Waals surface area (Å²) in [7, 11) is 0. The van der Waals surface area contributed by atoms with Crippen LogP contribution in [0.15, 0.2) is 12.2 Å². The van der Waals surface area contributed by atoms with Crippen molar-refractivity contribution in [1.82, 2.24) is 10.4 Å². The Morgan fingerprint density at radius 3 is 2.18 bits per heavy atom. The van der Waals surface area contributed by atoms with E-state index in [4.69, 9.17) is 0 Å². The molecule has 0 aromatic heterocycles. The number of hydrazine groups is 1. The highest BCUT2D eigenvalue weighted by Gasteiger charge is 2.21. The number of imide groups is 1. The number of rotatable bonds is 2. The van der Waals surface area contributed by atoms with Crippen molar-refractivity contribution in [2.45, 2.75) is 6.92 Å². The van der Waals surface area contributed by atoms with Gasteiger partial charge in [0.2, 0.25) is 0 Å². The first-order chi connectivity index (χ1) is 4.75. The highest BCUT2D eigenvalue weighted by Crippen LogP contribution is 1.97. The lowest BCUT2D eigenvalue weighted by molar-refractivity contribution is -0.140. The fourth-order valence-electron chi connectivity index (χ4n) is 0.714. The number of carbonyl (C=O) groups is 2. The second kappa shape index (κ2) is 4.10. The number of nitrogens with one attached hydrogen (secondary N) is 1. The van der Waals surface area contributed by atoms with Gasteiger partial charge in [-0.1, -0.05) is 6.92 Å². The zero-order valence-electron chi connectivity index (χ0n) is 6.03. The van der Waals surface area contributed by atoms with E-state index >= 15 is 0 Å². The standard InChI is InChI=1S/C6H8N2O2.ClH/c1-2-7-8-5(9)3-4-6(8)10;/h3-4,7H,2H2,1H3;1H. The molecule has 2 amide bonds. The van der Waals surface area contributed by atoms with Crippen LogP contribution in [0.1, 0.15) is 6.92 Å². The van der Waals surface area contributed by atoms with Crippen molar-refractivity contribution in [2.75, 3.05) is 6.54 Å².